The van der Waals surface area contributed by atoms with Gasteiger partial charge < -0.3 is 14.5 Å². The van der Waals surface area contributed by atoms with Gasteiger partial charge in [-0.25, -0.2) is 9.78 Å². The molecule has 0 fully saturated rings. The fourth-order valence-corrected chi connectivity index (χ4v) is 1.58. The Kier molecular flexibility index (Phi) is 3.62. The quantitative estimate of drug-likeness (QED) is 0.840. The maximum atomic E-state index is 11.4. The normalized spacial score (nSPS) is 11.9. The summed E-state index contributed by atoms with van der Waals surface area (Å²) in [6.07, 6.45) is 3.18. The van der Waals surface area contributed by atoms with Crippen LogP contribution in [0.4, 0.5) is 5.82 Å². The number of hydrogen-bond donors (Lipinski definition) is 1. The van der Waals surface area contributed by atoms with Crippen LogP contribution in [-0.2, 0) is 4.74 Å². The number of furan rings is 1. The molecule has 0 aliphatic rings. The van der Waals surface area contributed by atoms with E-state index in [2.05, 4.69) is 15.0 Å². The second-order valence-electron chi connectivity index (χ2n) is 3.80. The third-order valence-electron chi connectivity index (χ3n) is 2.52. The van der Waals surface area contributed by atoms with Gasteiger partial charge in [-0.2, -0.15) is 0 Å². The molecule has 0 spiro atoms. The number of carbonyl (C=O) groups excluding carboxylic acids is 1. The number of anilines is 1. The van der Waals surface area contributed by atoms with Gasteiger partial charge in [0.2, 0.25) is 0 Å². The van der Waals surface area contributed by atoms with E-state index in [9.17, 15) is 4.79 Å². The third-order valence-corrected chi connectivity index (χ3v) is 2.52. The van der Waals surface area contributed by atoms with Gasteiger partial charge >= 0.3 is 5.97 Å². The van der Waals surface area contributed by atoms with E-state index in [0.717, 1.165) is 5.76 Å². The fraction of sp³-hybridized carbons (Fsp3) is 0.231. The number of nitrogens with zero attached hydrogens (tertiary/aromatic N) is 1. The van der Waals surface area contributed by atoms with Crippen LogP contribution in [0.1, 0.15) is 29.1 Å². The standard InChI is InChI=1S/C13H14N2O3/c1-9(11-4-3-7-18-11)15-12-8-10(5-6-14-12)13(16)17-2/h3-9H,1-2H3,(H,14,15). The lowest BCUT2D eigenvalue weighted by atomic mass is 10.2. The molecule has 0 aromatic carbocycles. The minimum atomic E-state index is -0.383. The molecular formula is C13H14N2O3. The van der Waals surface area contributed by atoms with Crippen molar-refractivity contribution in [3.63, 3.8) is 0 Å². The molecule has 94 valence electrons. The Hall–Kier alpha value is -2.30. The molecule has 0 saturated heterocycles. The summed E-state index contributed by atoms with van der Waals surface area (Å²) in [5.41, 5.74) is 0.460. The molecule has 2 aromatic heterocycles. The lowest BCUT2D eigenvalue weighted by Gasteiger charge is -2.12. The fourth-order valence-electron chi connectivity index (χ4n) is 1.58. The Labute approximate surface area is 105 Å². The Morgan fingerprint density at radius 3 is 3.00 bits per heavy atom. The number of methoxy groups -OCH3 is 1. The number of esters is 1. The van der Waals surface area contributed by atoms with Crippen molar-refractivity contribution in [2.75, 3.05) is 12.4 Å². The van der Waals surface area contributed by atoms with Crippen LogP contribution in [0.5, 0.6) is 0 Å². The van der Waals surface area contributed by atoms with Crippen molar-refractivity contribution in [2.24, 2.45) is 0 Å². The van der Waals surface area contributed by atoms with Crippen molar-refractivity contribution in [3.05, 3.63) is 48.0 Å². The zero-order chi connectivity index (χ0) is 13.0. The number of nitrogens with one attached hydrogen (secondary N) is 1. The monoisotopic (exact) mass is 246 g/mol. The van der Waals surface area contributed by atoms with Crippen LogP contribution in [0.3, 0.4) is 0 Å². The first-order valence-corrected chi connectivity index (χ1v) is 5.55. The molecular weight excluding hydrogens is 232 g/mol. The van der Waals surface area contributed by atoms with E-state index in [0.29, 0.717) is 11.4 Å². The number of carbonyl (C=O) groups is 1. The predicted molar refractivity (Wildman–Crippen MR) is 66.3 cm³/mol. The van der Waals surface area contributed by atoms with Gasteiger partial charge in [0.05, 0.1) is 25.0 Å². The first kappa shape index (κ1) is 12.2. The number of rotatable bonds is 4. The highest BCUT2D eigenvalue weighted by Crippen LogP contribution is 2.18. The van der Waals surface area contributed by atoms with Gasteiger partial charge in [-0.3, -0.25) is 0 Å². The van der Waals surface area contributed by atoms with E-state index >= 15 is 0 Å². The predicted octanol–water partition coefficient (Wildman–Crippen LogP) is 2.63. The van der Waals surface area contributed by atoms with Crippen molar-refractivity contribution in [2.45, 2.75) is 13.0 Å². The van der Waals surface area contributed by atoms with Crippen LogP contribution in [0, 0.1) is 0 Å². The number of hydrogen-bond acceptors (Lipinski definition) is 5. The maximum Gasteiger partial charge on any atom is 0.338 e. The Morgan fingerprint density at radius 2 is 2.33 bits per heavy atom. The highest BCUT2D eigenvalue weighted by atomic mass is 16.5. The molecule has 0 saturated carbocycles. The molecule has 18 heavy (non-hydrogen) atoms. The molecule has 5 nitrogen and oxygen atoms in total. The first-order chi connectivity index (χ1) is 8.70. The van der Waals surface area contributed by atoms with Crippen molar-refractivity contribution in [3.8, 4) is 0 Å². The summed E-state index contributed by atoms with van der Waals surface area (Å²) < 4.78 is 9.94. The summed E-state index contributed by atoms with van der Waals surface area (Å²) >= 11 is 0. The molecule has 2 aromatic rings. The minimum absolute atomic E-state index is 0.0274. The Morgan fingerprint density at radius 1 is 1.50 bits per heavy atom. The van der Waals surface area contributed by atoms with E-state index in [1.54, 1.807) is 24.6 Å². The molecule has 0 amide bonds. The van der Waals surface area contributed by atoms with Gasteiger partial charge in [0, 0.05) is 6.20 Å². The Bertz CT molecular complexity index is 523. The van der Waals surface area contributed by atoms with Gasteiger partial charge in [0.15, 0.2) is 0 Å². The second-order valence-corrected chi connectivity index (χ2v) is 3.80. The average molecular weight is 246 g/mol. The Balaban J connectivity index is 2.12. The average Bonchev–Trinajstić information content (AvgIpc) is 2.92. The van der Waals surface area contributed by atoms with E-state index in [-0.39, 0.29) is 12.0 Å². The summed E-state index contributed by atoms with van der Waals surface area (Å²) in [6, 6.07) is 6.92. The lowest BCUT2D eigenvalue weighted by Crippen LogP contribution is -2.08. The van der Waals surface area contributed by atoms with Gasteiger partial charge in [-0.05, 0) is 31.2 Å². The SMILES string of the molecule is COC(=O)c1ccnc(NC(C)c2ccco2)c1. The van der Waals surface area contributed by atoms with Crippen LogP contribution in [0.15, 0.2) is 41.1 Å². The molecule has 1 N–H and O–H groups in total. The maximum absolute atomic E-state index is 11.4. The number of ether oxygens (including phenoxy) is 1. The smallest absolute Gasteiger partial charge is 0.338 e. The van der Waals surface area contributed by atoms with Crippen molar-refractivity contribution in [1.82, 2.24) is 4.98 Å². The first-order valence-electron chi connectivity index (χ1n) is 5.55. The zero-order valence-corrected chi connectivity index (χ0v) is 10.2. The van der Waals surface area contributed by atoms with E-state index in [1.165, 1.54) is 7.11 Å². The molecule has 0 bridgehead atoms. The second kappa shape index (κ2) is 5.35. The van der Waals surface area contributed by atoms with E-state index in [4.69, 9.17) is 4.42 Å². The molecule has 5 heteroatoms. The van der Waals surface area contributed by atoms with Crippen LogP contribution in [-0.4, -0.2) is 18.1 Å². The van der Waals surface area contributed by atoms with Crippen LogP contribution in [0.2, 0.25) is 0 Å². The summed E-state index contributed by atoms with van der Waals surface area (Å²) in [7, 11) is 1.35. The van der Waals surface area contributed by atoms with Gasteiger partial charge in [-0.15, -0.1) is 0 Å². The van der Waals surface area contributed by atoms with Crippen molar-refractivity contribution in [1.29, 1.82) is 0 Å². The van der Waals surface area contributed by atoms with Gasteiger partial charge in [0.25, 0.3) is 0 Å². The van der Waals surface area contributed by atoms with Crippen molar-refractivity contribution >= 4 is 11.8 Å². The van der Waals surface area contributed by atoms with E-state index in [1.807, 2.05) is 19.1 Å². The summed E-state index contributed by atoms with van der Waals surface area (Å²) in [4.78, 5) is 15.5. The van der Waals surface area contributed by atoms with Crippen LogP contribution >= 0.6 is 0 Å². The van der Waals surface area contributed by atoms with E-state index < -0.39 is 0 Å². The summed E-state index contributed by atoms with van der Waals surface area (Å²) in [6.45, 7) is 1.95. The van der Waals surface area contributed by atoms with Gasteiger partial charge in [0.1, 0.15) is 11.6 Å². The minimum Gasteiger partial charge on any atom is -0.467 e. The topological polar surface area (TPSA) is 64.4 Å². The van der Waals surface area contributed by atoms with Gasteiger partial charge in [-0.1, -0.05) is 0 Å². The molecule has 2 heterocycles. The highest BCUT2D eigenvalue weighted by Gasteiger charge is 2.11. The highest BCUT2D eigenvalue weighted by molar-refractivity contribution is 5.89. The largest absolute Gasteiger partial charge is 0.467 e. The summed E-state index contributed by atoms with van der Waals surface area (Å²) in [5, 5.41) is 3.15. The zero-order valence-electron chi connectivity index (χ0n) is 10.2. The molecule has 0 aliphatic heterocycles. The summed E-state index contributed by atoms with van der Waals surface area (Å²) in [5.74, 6) is 1.02. The number of pyridine rings is 1. The molecule has 1 unspecified atom stereocenters. The van der Waals surface area contributed by atoms with Crippen LogP contribution < -0.4 is 5.32 Å². The lowest BCUT2D eigenvalue weighted by molar-refractivity contribution is 0.0600. The van der Waals surface area contributed by atoms with Crippen LogP contribution in [0.25, 0.3) is 0 Å². The van der Waals surface area contributed by atoms with Crippen molar-refractivity contribution < 1.29 is 13.9 Å². The third kappa shape index (κ3) is 2.68. The molecule has 1 atom stereocenters. The number of aromatic nitrogens is 1. The molecule has 0 aliphatic carbocycles. The molecule has 2 rings (SSSR count). The molecule has 0 radical (unpaired) electrons.